The summed E-state index contributed by atoms with van der Waals surface area (Å²) >= 11 is 0. The van der Waals surface area contributed by atoms with Crippen LogP contribution in [0.4, 0.5) is 0 Å². The average Bonchev–Trinajstić information content (AvgIpc) is 2.70. The maximum absolute atomic E-state index is 11.2. The van der Waals surface area contributed by atoms with Crippen molar-refractivity contribution in [2.24, 2.45) is 5.41 Å². The van der Waals surface area contributed by atoms with Crippen LogP contribution in [0.5, 0.6) is 0 Å². The predicted octanol–water partition coefficient (Wildman–Crippen LogP) is -0.466. The second-order valence-electron chi connectivity index (χ2n) is 4.94. The van der Waals surface area contributed by atoms with Crippen LogP contribution in [0.2, 0.25) is 0 Å². The molecule has 2 atom stereocenters. The summed E-state index contributed by atoms with van der Waals surface area (Å²) in [5, 5.41) is 12.7. The highest BCUT2D eigenvalue weighted by Crippen LogP contribution is 2.44. The van der Waals surface area contributed by atoms with Crippen molar-refractivity contribution in [1.82, 2.24) is 5.32 Å². The van der Waals surface area contributed by atoms with Gasteiger partial charge in [0.15, 0.2) is 9.84 Å². The highest BCUT2D eigenvalue weighted by molar-refractivity contribution is 7.91. The molecule has 0 aromatic heterocycles. The van der Waals surface area contributed by atoms with Crippen molar-refractivity contribution in [3.63, 3.8) is 0 Å². The number of aliphatic hydroxyl groups is 1. The van der Waals surface area contributed by atoms with Crippen molar-refractivity contribution in [3.8, 4) is 0 Å². The molecule has 2 rings (SSSR count). The summed E-state index contributed by atoms with van der Waals surface area (Å²) in [5.74, 6) is 0.00558. The molecule has 0 radical (unpaired) electrons. The maximum Gasteiger partial charge on any atom is 0.154 e. The molecule has 1 aliphatic carbocycles. The topological polar surface area (TPSA) is 66.4 Å². The van der Waals surface area contributed by atoms with E-state index >= 15 is 0 Å². The number of hydrogen-bond acceptors (Lipinski definition) is 4. The lowest BCUT2D eigenvalue weighted by atomic mass is 10.1. The van der Waals surface area contributed by atoms with E-state index < -0.39 is 15.9 Å². The fourth-order valence-corrected chi connectivity index (χ4v) is 3.57. The van der Waals surface area contributed by atoms with E-state index in [1.54, 1.807) is 0 Å². The molecule has 0 aromatic rings. The molecular weight excluding hydrogens is 202 g/mol. The lowest BCUT2D eigenvalue weighted by Gasteiger charge is -2.17. The summed E-state index contributed by atoms with van der Waals surface area (Å²) in [6.07, 6.45) is 1.69. The first-order valence-electron chi connectivity index (χ1n) is 5.02. The Balaban J connectivity index is 1.87. The van der Waals surface area contributed by atoms with E-state index in [0.717, 1.165) is 6.54 Å². The van der Waals surface area contributed by atoms with Gasteiger partial charge < -0.3 is 10.4 Å². The van der Waals surface area contributed by atoms with Gasteiger partial charge >= 0.3 is 0 Å². The molecule has 4 nitrogen and oxygen atoms in total. The average molecular weight is 219 g/mol. The second kappa shape index (κ2) is 3.18. The SMILES string of the molecule is CC1(CNC2CS(=O)(=O)CC2O)CC1. The zero-order valence-corrected chi connectivity index (χ0v) is 9.18. The Morgan fingerprint density at radius 1 is 1.43 bits per heavy atom. The van der Waals surface area contributed by atoms with Gasteiger partial charge in [-0.3, -0.25) is 0 Å². The predicted molar refractivity (Wildman–Crippen MR) is 53.8 cm³/mol. The number of sulfone groups is 1. The molecular formula is C9H17NO3S. The van der Waals surface area contributed by atoms with Crippen LogP contribution in [0, 0.1) is 5.41 Å². The minimum atomic E-state index is -3.00. The van der Waals surface area contributed by atoms with E-state index in [4.69, 9.17) is 0 Å². The number of hydrogen-bond donors (Lipinski definition) is 2. The van der Waals surface area contributed by atoms with Crippen LogP contribution in [0.1, 0.15) is 19.8 Å². The first-order valence-corrected chi connectivity index (χ1v) is 6.84. The zero-order valence-electron chi connectivity index (χ0n) is 8.36. The van der Waals surface area contributed by atoms with Gasteiger partial charge in [-0.15, -0.1) is 0 Å². The standard InChI is InChI=1S/C9H17NO3S/c1-9(2-3-9)6-10-7-4-14(12,13)5-8(7)11/h7-8,10-11H,2-6H2,1H3. The molecule has 1 saturated heterocycles. The quantitative estimate of drug-likeness (QED) is 0.674. The van der Waals surface area contributed by atoms with Crippen LogP contribution in [-0.4, -0.2) is 43.7 Å². The number of nitrogens with one attached hydrogen (secondary N) is 1. The molecule has 14 heavy (non-hydrogen) atoms. The lowest BCUT2D eigenvalue weighted by molar-refractivity contribution is 0.163. The molecule has 2 aliphatic rings. The fourth-order valence-electron chi connectivity index (χ4n) is 1.79. The molecule has 2 fully saturated rings. The highest BCUT2D eigenvalue weighted by Gasteiger charge is 2.41. The number of rotatable bonds is 3. The normalized spacial score (nSPS) is 38.4. The largest absolute Gasteiger partial charge is 0.390 e. The van der Waals surface area contributed by atoms with Crippen molar-refractivity contribution < 1.29 is 13.5 Å². The number of aliphatic hydroxyl groups excluding tert-OH is 1. The summed E-state index contributed by atoms with van der Waals surface area (Å²) in [6, 6.07) is -0.252. The second-order valence-corrected chi connectivity index (χ2v) is 7.10. The summed E-state index contributed by atoms with van der Waals surface area (Å²) in [4.78, 5) is 0. The van der Waals surface area contributed by atoms with Crippen molar-refractivity contribution in [2.45, 2.75) is 31.9 Å². The first kappa shape index (κ1) is 10.4. The van der Waals surface area contributed by atoms with Crippen LogP contribution in [-0.2, 0) is 9.84 Å². The van der Waals surface area contributed by atoms with Gasteiger partial charge in [-0.05, 0) is 18.3 Å². The molecule has 1 saturated carbocycles. The van der Waals surface area contributed by atoms with E-state index in [1.165, 1.54) is 12.8 Å². The minimum Gasteiger partial charge on any atom is -0.390 e. The minimum absolute atomic E-state index is 0.0820. The molecule has 2 N–H and O–H groups in total. The Kier molecular flexibility index (Phi) is 2.36. The maximum atomic E-state index is 11.2. The van der Waals surface area contributed by atoms with Gasteiger partial charge in [-0.25, -0.2) is 8.42 Å². The highest BCUT2D eigenvalue weighted by atomic mass is 32.2. The molecule has 0 aromatic carbocycles. The van der Waals surface area contributed by atoms with Gasteiger partial charge in [-0.1, -0.05) is 6.92 Å². The van der Waals surface area contributed by atoms with Gasteiger partial charge in [0.05, 0.1) is 17.6 Å². The Hall–Kier alpha value is -0.130. The molecule has 2 unspecified atom stereocenters. The first-order chi connectivity index (χ1) is 6.40. The Bertz CT molecular complexity index is 321. The van der Waals surface area contributed by atoms with Crippen LogP contribution < -0.4 is 5.32 Å². The summed E-state index contributed by atoms with van der Waals surface area (Å²) in [6.45, 7) is 3.00. The molecule has 82 valence electrons. The van der Waals surface area contributed by atoms with Gasteiger partial charge in [0.25, 0.3) is 0 Å². The Morgan fingerprint density at radius 3 is 2.50 bits per heavy atom. The van der Waals surface area contributed by atoms with E-state index in [-0.39, 0.29) is 17.5 Å². The Labute approximate surface area is 84.6 Å². The van der Waals surface area contributed by atoms with Gasteiger partial charge in [0.1, 0.15) is 0 Å². The van der Waals surface area contributed by atoms with E-state index in [2.05, 4.69) is 12.2 Å². The molecule has 1 heterocycles. The summed E-state index contributed by atoms with van der Waals surface area (Å²) < 4.78 is 22.4. The van der Waals surface area contributed by atoms with Crippen molar-refractivity contribution in [1.29, 1.82) is 0 Å². The van der Waals surface area contributed by atoms with Crippen LogP contribution >= 0.6 is 0 Å². The molecule has 1 aliphatic heterocycles. The molecule has 5 heteroatoms. The smallest absolute Gasteiger partial charge is 0.154 e. The third-order valence-electron chi connectivity index (χ3n) is 3.22. The van der Waals surface area contributed by atoms with Crippen molar-refractivity contribution >= 4 is 9.84 Å². The van der Waals surface area contributed by atoms with Gasteiger partial charge in [0, 0.05) is 12.6 Å². The zero-order chi connectivity index (χ0) is 10.4. The molecule has 0 amide bonds. The van der Waals surface area contributed by atoms with Crippen molar-refractivity contribution in [2.75, 3.05) is 18.1 Å². The Morgan fingerprint density at radius 2 is 2.07 bits per heavy atom. The lowest BCUT2D eigenvalue weighted by Crippen LogP contribution is -2.41. The van der Waals surface area contributed by atoms with E-state index in [1.807, 2.05) is 0 Å². The summed E-state index contributed by atoms with van der Waals surface area (Å²) in [5.41, 5.74) is 0.353. The van der Waals surface area contributed by atoms with Crippen molar-refractivity contribution in [3.05, 3.63) is 0 Å². The van der Waals surface area contributed by atoms with E-state index in [9.17, 15) is 13.5 Å². The van der Waals surface area contributed by atoms with Gasteiger partial charge in [0.2, 0.25) is 0 Å². The monoisotopic (exact) mass is 219 g/mol. The van der Waals surface area contributed by atoms with Crippen LogP contribution in [0.15, 0.2) is 0 Å². The molecule has 0 spiro atoms. The fraction of sp³-hybridized carbons (Fsp3) is 1.00. The third-order valence-corrected chi connectivity index (χ3v) is 4.93. The van der Waals surface area contributed by atoms with Crippen LogP contribution in [0.25, 0.3) is 0 Å². The van der Waals surface area contributed by atoms with Crippen LogP contribution in [0.3, 0.4) is 0 Å². The summed E-state index contributed by atoms with van der Waals surface area (Å²) in [7, 11) is -3.00. The van der Waals surface area contributed by atoms with Gasteiger partial charge in [-0.2, -0.15) is 0 Å². The van der Waals surface area contributed by atoms with E-state index in [0.29, 0.717) is 5.41 Å². The third kappa shape index (κ3) is 2.27. The molecule has 0 bridgehead atoms.